The summed E-state index contributed by atoms with van der Waals surface area (Å²) in [6.45, 7) is 16.1. The van der Waals surface area contributed by atoms with Crippen molar-refractivity contribution in [3.05, 3.63) is 11.6 Å². The van der Waals surface area contributed by atoms with E-state index in [1.54, 1.807) is 5.57 Å². The second kappa shape index (κ2) is 7.12. The van der Waals surface area contributed by atoms with Gasteiger partial charge >= 0.3 is 5.97 Å². The highest BCUT2D eigenvalue weighted by molar-refractivity contribution is 5.74. The predicted octanol–water partition coefficient (Wildman–Crippen LogP) is 6.20. The number of carbonyl (C=O) groups is 1. The fraction of sp³-hybridized carbons (Fsp3) is 0.900. The van der Waals surface area contributed by atoms with E-state index in [1.807, 2.05) is 6.92 Å². The number of fused-ring (bicyclic) bond motifs is 7. The largest absolute Gasteiger partial charge is 0.481 e. The van der Waals surface area contributed by atoms with Crippen LogP contribution in [0, 0.1) is 50.2 Å². The van der Waals surface area contributed by atoms with Gasteiger partial charge in [-0.3, -0.25) is 4.79 Å². The molecule has 0 aromatic heterocycles. The summed E-state index contributed by atoms with van der Waals surface area (Å²) in [7, 11) is 0. The number of hydrogen-bond donors (Lipinski definition) is 3. The fourth-order valence-corrected chi connectivity index (χ4v) is 11.0. The third-order valence-electron chi connectivity index (χ3n) is 13.0. The minimum absolute atomic E-state index is 0.000209. The van der Waals surface area contributed by atoms with Gasteiger partial charge in [0.05, 0.1) is 17.6 Å². The van der Waals surface area contributed by atoms with Crippen molar-refractivity contribution in [2.75, 3.05) is 0 Å². The predicted molar refractivity (Wildman–Crippen MR) is 134 cm³/mol. The van der Waals surface area contributed by atoms with Gasteiger partial charge in [-0.05, 0) is 110 Å². The molecule has 3 N–H and O–H groups in total. The molecule has 0 heterocycles. The van der Waals surface area contributed by atoms with Crippen molar-refractivity contribution >= 4 is 5.97 Å². The molecule has 10 atom stereocenters. The SMILES string of the molecule is CC1(C)[C@@H](O)[C@H](O)C[C@]2(C)[C@H]3CC[C@]4(C)C(=CC[C@@]5(C)CC[C@@](C)(C(=O)O)CC54)[C@]3(C)CC[C@@H]12. The molecule has 5 aliphatic rings. The Morgan fingerprint density at radius 3 is 2.03 bits per heavy atom. The van der Waals surface area contributed by atoms with Crippen LogP contribution >= 0.6 is 0 Å². The maximum atomic E-state index is 12.3. The van der Waals surface area contributed by atoms with Gasteiger partial charge in [-0.25, -0.2) is 0 Å². The number of aliphatic hydroxyl groups excluding tert-OH is 2. The second-order valence-electron chi connectivity index (χ2n) is 15.2. The molecular weight excluding hydrogens is 424 g/mol. The van der Waals surface area contributed by atoms with Crippen molar-refractivity contribution in [2.24, 2.45) is 50.2 Å². The minimum atomic E-state index is -0.662. The zero-order chi connectivity index (χ0) is 25.1. The van der Waals surface area contributed by atoms with Crippen LogP contribution in [0.3, 0.4) is 0 Å². The highest BCUT2D eigenvalue weighted by atomic mass is 16.4. The van der Waals surface area contributed by atoms with Gasteiger partial charge in [-0.2, -0.15) is 0 Å². The van der Waals surface area contributed by atoms with Crippen LogP contribution in [0.15, 0.2) is 11.6 Å². The molecule has 0 saturated heterocycles. The Morgan fingerprint density at radius 1 is 0.824 bits per heavy atom. The Bertz CT molecular complexity index is 923. The molecule has 0 aromatic carbocycles. The van der Waals surface area contributed by atoms with Crippen molar-refractivity contribution in [1.82, 2.24) is 0 Å². The lowest BCUT2D eigenvalue weighted by Crippen LogP contribution is -2.65. The normalized spacial score (nSPS) is 56.3. The molecule has 0 bridgehead atoms. The molecule has 5 aliphatic carbocycles. The van der Waals surface area contributed by atoms with Gasteiger partial charge in [-0.15, -0.1) is 0 Å². The molecule has 5 rings (SSSR count). The molecule has 0 aliphatic heterocycles. The van der Waals surface area contributed by atoms with E-state index in [0.717, 1.165) is 51.4 Å². The van der Waals surface area contributed by atoms with E-state index >= 15 is 0 Å². The van der Waals surface area contributed by atoms with Gasteiger partial charge in [-0.1, -0.05) is 53.2 Å². The van der Waals surface area contributed by atoms with E-state index < -0.39 is 23.6 Å². The first-order valence-corrected chi connectivity index (χ1v) is 13.9. The third-order valence-corrected chi connectivity index (χ3v) is 13.0. The van der Waals surface area contributed by atoms with Crippen LogP contribution in [-0.4, -0.2) is 33.5 Å². The highest BCUT2D eigenvalue weighted by Gasteiger charge is 2.68. The molecule has 4 fully saturated rings. The Kier molecular flexibility index (Phi) is 5.20. The second-order valence-corrected chi connectivity index (χ2v) is 15.2. The van der Waals surface area contributed by atoms with Gasteiger partial charge in [0.1, 0.15) is 0 Å². The average Bonchev–Trinajstić information content (AvgIpc) is 2.72. The van der Waals surface area contributed by atoms with E-state index in [1.165, 1.54) is 0 Å². The molecule has 1 unspecified atom stereocenters. The topological polar surface area (TPSA) is 77.8 Å². The highest BCUT2D eigenvalue weighted by Crippen LogP contribution is 2.75. The molecule has 0 aromatic rings. The van der Waals surface area contributed by atoms with Crippen LogP contribution in [0.2, 0.25) is 0 Å². The Hall–Kier alpha value is -0.870. The molecule has 4 nitrogen and oxygen atoms in total. The Balaban J connectivity index is 1.56. The molecule has 0 radical (unpaired) electrons. The van der Waals surface area contributed by atoms with Crippen LogP contribution in [0.25, 0.3) is 0 Å². The van der Waals surface area contributed by atoms with E-state index in [0.29, 0.717) is 24.2 Å². The molecule has 0 amide bonds. The number of carboxylic acids is 1. The van der Waals surface area contributed by atoms with Crippen LogP contribution in [0.5, 0.6) is 0 Å². The molecule has 4 heteroatoms. The van der Waals surface area contributed by atoms with Gasteiger partial charge in [0, 0.05) is 0 Å². The van der Waals surface area contributed by atoms with Crippen LogP contribution < -0.4 is 0 Å². The Morgan fingerprint density at radius 2 is 1.41 bits per heavy atom. The fourth-order valence-electron chi connectivity index (χ4n) is 11.0. The zero-order valence-corrected chi connectivity index (χ0v) is 22.6. The molecule has 34 heavy (non-hydrogen) atoms. The molecular formula is C30H48O4. The smallest absolute Gasteiger partial charge is 0.309 e. The van der Waals surface area contributed by atoms with Crippen LogP contribution in [0.1, 0.15) is 106 Å². The number of carboxylic acid groups (broad SMARTS) is 1. The van der Waals surface area contributed by atoms with Crippen LogP contribution in [-0.2, 0) is 4.79 Å². The summed E-state index contributed by atoms with van der Waals surface area (Å²) in [6.07, 6.45) is 10.0. The number of aliphatic carboxylic acids is 1. The zero-order valence-electron chi connectivity index (χ0n) is 22.6. The quantitative estimate of drug-likeness (QED) is 0.397. The number of rotatable bonds is 1. The van der Waals surface area contributed by atoms with Crippen molar-refractivity contribution in [2.45, 2.75) is 118 Å². The first kappa shape index (κ1) is 24.8. The first-order chi connectivity index (χ1) is 15.5. The van der Waals surface area contributed by atoms with Crippen molar-refractivity contribution in [1.29, 1.82) is 0 Å². The van der Waals surface area contributed by atoms with E-state index in [2.05, 4.69) is 47.6 Å². The third kappa shape index (κ3) is 2.93. The lowest BCUT2D eigenvalue weighted by Gasteiger charge is -2.70. The van der Waals surface area contributed by atoms with Gasteiger partial charge < -0.3 is 15.3 Å². The number of aliphatic hydroxyl groups is 2. The average molecular weight is 473 g/mol. The molecule has 0 spiro atoms. The summed E-state index contributed by atoms with van der Waals surface area (Å²) in [5.41, 5.74) is 0.998. The molecule has 192 valence electrons. The maximum absolute atomic E-state index is 12.3. The lowest BCUT2D eigenvalue weighted by atomic mass is 9.34. The van der Waals surface area contributed by atoms with E-state index in [9.17, 15) is 20.1 Å². The minimum Gasteiger partial charge on any atom is -0.481 e. The monoisotopic (exact) mass is 472 g/mol. The lowest BCUT2D eigenvalue weighted by molar-refractivity contribution is -0.218. The summed E-state index contributed by atoms with van der Waals surface area (Å²) >= 11 is 0. The van der Waals surface area contributed by atoms with Gasteiger partial charge in [0.2, 0.25) is 0 Å². The first-order valence-electron chi connectivity index (χ1n) is 13.9. The van der Waals surface area contributed by atoms with Gasteiger partial charge in [0.25, 0.3) is 0 Å². The number of hydrogen-bond acceptors (Lipinski definition) is 3. The summed E-state index contributed by atoms with van der Waals surface area (Å²) in [5.74, 6) is 0.658. The Labute approximate surface area is 206 Å². The summed E-state index contributed by atoms with van der Waals surface area (Å²) in [6, 6.07) is 0. The van der Waals surface area contributed by atoms with E-state index in [-0.39, 0.29) is 27.1 Å². The molecule has 4 saturated carbocycles. The van der Waals surface area contributed by atoms with E-state index in [4.69, 9.17) is 0 Å². The summed E-state index contributed by atoms with van der Waals surface area (Å²) < 4.78 is 0. The maximum Gasteiger partial charge on any atom is 0.309 e. The summed E-state index contributed by atoms with van der Waals surface area (Å²) in [4.78, 5) is 12.3. The van der Waals surface area contributed by atoms with Crippen molar-refractivity contribution in [3.63, 3.8) is 0 Å². The number of allylic oxidation sites excluding steroid dienone is 2. The van der Waals surface area contributed by atoms with Crippen molar-refractivity contribution in [3.8, 4) is 0 Å². The van der Waals surface area contributed by atoms with Gasteiger partial charge in [0.15, 0.2) is 0 Å². The summed E-state index contributed by atoms with van der Waals surface area (Å²) in [5, 5.41) is 31.9. The van der Waals surface area contributed by atoms with Crippen molar-refractivity contribution < 1.29 is 20.1 Å². The van der Waals surface area contributed by atoms with Crippen LogP contribution in [0.4, 0.5) is 0 Å². The standard InChI is InChI=1S/C30H48O4/c1-25(2)19-9-12-28(5)20-8-11-26(3)14-15-27(4,24(33)34)17-22(26)29(20,6)13-10-21(28)30(19,7)16-18(31)23(25)32/h8,18-19,21-23,31-32H,9-17H2,1-7H3,(H,33,34)/t18-,19+,21+,22?,23+,26+,27-,28+,29-,30+/m1/s1.